The zero-order chi connectivity index (χ0) is 28.5. The number of hydrogen-bond acceptors (Lipinski definition) is 6. The number of aliphatic hydroxyl groups is 1. The molecule has 0 saturated carbocycles. The number of aryl methyl sites for hydroxylation is 1. The topological polar surface area (TPSA) is 51.2 Å². The van der Waals surface area contributed by atoms with E-state index < -0.39 is 6.10 Å². The molecule has 1 N–H and O–H groups in total. The summed E-state index contributed by atoms with van der Waals surface area (Å²) in [5.74, 6) is 0.679. The van der Waals surface area contributed by atoms with Gasteiger partial charge in [0.15, 0.2) is 0 Å². The molecule has 3 fully saturated rings. The first-order valence-electron chi connectivity index (χ1n) is 14.5. The van der Waals surface area contributed by atoms with E-state index in [2.05, 4.69) is 35.7 Å². The van der Waals surface area contributed by atoms with Crippen LogP contribution in [0, 0.1) is 12.7 Å². The summed E-state index contributed by atoms with van der Waals surface area (Å²) < 4.78 is 32.6. The fraction of sp³-hybridized carbons (Fsp3) is 0.455. The van der Waals surface area contributed by atoms with E-state index >= 15 is 0 Å². The molecule has 0 radical (unpaired) electrons. The first kappa shape index (κ1) is 29.0. The van der Waals surface area contributed by atoms with Gasteiger partial charge < -0.3 is 19.3 Å². The van der Waals surface area contributed by atoms with E-state index in [1.165, 1.54) is 6.07 Å². The number of hydrogen-bond donors (Lipinski definition) is 2. The van der Waals surface area contributed by atoms with Gasteiger partial charge in [-0.25, -0.2) is 4.39 Å². The smallest absolute Gasteiger partial charge is 0.129 e. The summed E-state index contributed by atoms with van der Waals surface area (Å²) in [4.78, 5) is 2.40. The summed E-state index contributed by atoms with van der Waals surface area (Å²) in [7, 11) is 0. The van der Waals surface area contributed by atoms with Crippen molar-refractivity contribution in [2.75, 3.05) is 19.7 Å². The molecule has 3 saturated heterocycles. The molecule has 3 aliphatic rings. The van der Waals surface area contributed by atoms with Gasteiger partial charge in [-0.1, -0.05) is 53.6 Å². The minimum atomic E-state index is -0.413. The summed E-state index contributed by atoms with van der Waals surface area (Å²) in [5, 5.41) is 10.9. The van der Waals surface area contributed by atoms with Crippen LogP contribution in [0.25, 0.3) is 0 Å². The molecule has 3 heterocycles. The third-order valence-corrected chi connectivity index (χ3v) is 9.19. The second kappa shape index (κ2) is 12.6. The normalized spacial score (nSPS) is 27.4. The van der Waals surface area contributed by atoms with Gasteiger partial charge in [0.05, 0.1) is 24.9 Å². The van der Waals surface area contributed by atoms with Crippen LogP contribution >= 0.6 is 24.2 Å². The Morgan fingerprint density at radius 1 is 1.02 bits per heavy atom. The minimum absolute atomic E-state index is 0.153. The van der Waals surface area contributed by atoms with Crippen LogP contribution in [0.3, 0.4) is 0 Å². The maximum Gasteiger partial charge on any atom is 0.129 e. The van der Waals surface area contributed by atoms with Crippen molar-refractivity contribution in [1.82, 2.24) is 4.90 Å². The van der Waals surface area contributed by atoms with Gasteiger partial charge in [-0.2, -0.15) is 0 Å². The van der Waals surface area contributed by atoms with E-state index in [0.717, 1.165) is 53.9 Å². The van der Waals surface area contributed by atoms with Crippen molar-refractivity contribution in [3.8, 4) is 5.75 Å². The second-order valence-corrected chi connectivity index (χ2v) is 12.6. The highest BCUT2D eigenvalue weighted by molar-refractivity contribution is 7.80. The third-order valence-electron chi connectivity index (χ3n) is 8.49. The number of rotatable bonds is 7. The van der Waals surface area contributed by atoms with Crippen LogP contribution < -0.4 is 4.74 Å². The third kappa shape index (κ3) is 6.93. The molecule has 8 heteroatoms. The highest BCUT2D eigenvalue weighted by Crippen LogP contribution is 2.36. The van der Waals surface area contributed by atoms with Crippen molar-refractivity contribution in [3.05, 3.63) is 99.3 Å². The Bertz CT molecular complexity index is 1330. The van der Waals surface area contributed by atoms with Gasteiger partial charge in [0, 0.05) is 42.6 Å². The van der Waals surface area contributed by atoms with Gasteiger partial charge in [0.1, 0.15) is 23.1 Å². The summed E-state index contributed by atoms with van der Waals surface area (Å²) in [6.07, 6.45) is 3.00. The predicted octanol–water partition coefficient (Wildman–Crippen LogP) is 6.83. The number of ether oxygens (including phenoxy) is 3. The van der Waals surface area contributed by atoms with E-state index in [4.69, 9.17) is 25.8 Å². The molecule has 3 aromatic rings. The highest BCUT2D eigenvalue weighted by Gasteiger charge is 2.37. The molecule has 218 valence electrons. The van der Waals surface area contributed by atoms with E-state index in [-0.39, 0.29) is 29.6 Å². The minimum Gasteiger partial charge on any atom is -0.488 e. The zero-order valence-corrected chi connectivity index (χ0v) is 24.9. The van der Waals surface area contributed by atoms with Gasteiger partial charge in [-0.15, -0.1) is 12.6 Å². The van der Waals surface area contributed by atoms with Crippen molar-refractivity contribution in [2.24, 2.45) is 0 Å². The summed E-state index contributed by atoms with van der Waals surface area (Å²) >= 11 is 11.0. The lowest BCUT2D eigenvalue weighted by Gasteiger charge is -2.46. The van der Waals surface area contributed by atoms with Crippen LogP contribution in [0.1, 0.15) is 65.7 Å². The largest absolute Gasteiger partial charge is 0.488 e. The molecule has 5 atom stereocenters. The van der Waals surface area contributed by atoms with E-state index in [1.807, 2.05) is 37.3 Å². The van der Waals surface area contributed by atoms with Crippen molar-refractivity contribution < 1.29 is 23.7 Å². The van der Waals surface area contributed by atoms with Gasteiger partial charge in [0.25, 0.3) is 0 Å². The number of nitrogens with zero attached hydrogens (tertiary/aromatic N) is 1. The van der Waals surface area contributed by atoms with E-state index in [9.17, 15) is 9.50 Å². The van der Waals surface area contributed by atoms with E-state index in [1.54, 1.807) is 6.07 Å². The Balaban J connectivity index is 0.981. The number of likely N-dealkylation sites (tertiary alicyclic amines) is 1. The van der Waals surface area contributed by atoms with Crippen LogP contribution in [0.4, 0.5) is 4.39 Å². The molecule has 3 aliphatic heterocycles. The number of halogens is 2. The molecular formula is C33H37ClFNO4S. The Morgan fingerprint density at radius 3 is 2.56 bits per heavy atom. The first-order valence-corrected chi connectivity index (χ1v) is 15.4. The van der Waals surface area contributed by atoms with Crippen LogP contribution in [-0.4, -0.2) is 53.4 Å². The van der Waals surface area contributed by atoms with E-state index in [0.29, 0.717) is 42.5 Å². The van der Waals surface area contributed by atoms with Crippen molar-refractivity contribution >= 4 is 24.2 Å². The SMILES string of the molecule is Cc1ccc(F)c(C2CCC(N3CC(Oc4ccc(Cc5cc([C@H]6CC(O)CC(S)O6)ccc5Cl)cc4)C3)CO2)c1. The molecular weight excluding hydrogens is 561 g/mol. The molecule has 0 bridgehead atoms. The molecule has 0 aromatic heterocycles. The molecule has 5 nitrogen and oxygen atoms in total. The number of thiol groups is 1. The molecule has 6 rings (SSSR count). The van der Waals surface area contributed by atoms with Crippen LogP contribution in [0.2, 0.25) is 5.02 Å². The van der Waals surface area contributed by atoms with Crippen LogP contribution in [0.5, 0.6) is 5.75 Å². The average Bonchev–Trinajstić information content (AvgIpc) is 2.93. The van der Waals surface area contributed by atoms with Gasteiger partial charge in [0.2, 0.25) is 0 Å². The van der Waals surface area contributed by atoms with Crippen molar-refractivity contribution in [2.45, 2.75) is 74.9 Å². The lowest BCUT2D eigenvalue weighted by molar-refractivity contribution is -0.0838. The summed E-state index contributed by atoms with van der Waals surface area (Å²) in [5.41, 5.74) is 4.64. The molecule has 0 aliphatic carbocycles. The Hall–Kier alpha value is -2.13. The number of benzene rings is 3. The Morgan fingerprint density at radius 2 is 1.83 bits per heavy atom. The summed E-state index contributed by atoms with van der Waals surface area (Å²) in [6, 6.07) is 19.7. The second-order valence-electron chi connectivity index (χ2n) is 11.6. The molecule has 41 heavy (non-hydrogen) atoms. The summed E-state index contributed by atoms with van der Waals surface area (Å²) in [6.45, 7) is 4.33. The average molecular weight is 598 g/mol. The fourth-order valence-corrected chi connectivity index (χ4v) is 6.72. The quantitative estimate of drug-likeness (QED) is 0.292. The molecule has 3 aromatic carbocycles. The molecule has 0 spiro atoms. The maximum absolute atomic E-state index is 14.3. The van der Waals surface area contributed by atoms with Crippen LogP contribution in [-0.2, 0) is 15.9 Å². The Labute approximate surface area is 252 Å². The van der Waals surface area contributed by atoms with Gasteiger partial charge >= 0.3 is 0 Å². The predicted molar refractivity (Wildman–Crippen MR) is 161 cm³/mol. The van der Waals surface area contributed by atoms with Crippen molar-refractivity contribution in [3.63, 3.8) is 0 Å². The van der Waals surface area contributed by atoms with Gasteiger partial charge in [-0.3, -0.25) is 4.90 Å². The monoisotopic (exact) mass is 597 g/mol. The van der Waals surface area contributed by atoms with Crippen LogP contribution in [0.15, 0.2) is 60.7 Å². The number of aliphatic hydroxyl groups excluding tert-OH is 1. The fourth-order valence-electron chi connectivity index (χ4n) is 6.14. The molecule has 0 amide bonds. The zero-order valence-electron chi connectivity index (χ0n) is 23.2. The van der Waals surface area contributed by atoms with Crippen molar-refractivity contribution in [1.29, 1.82) is 0 Å². The standard InChI is InChI=1S/C33H37ClFNO4S/c1-20-2-10-30(35)28(12-20)31-11-6-24(19-38-31)36-17-27(18-36)39-26-7-3-21(4-8-26)13-23-14-22(5-9-29(23)34)32-15-25(37)16-33(41)40-32/h2-5,7-10,12,14,24-25,27,31-33,37,41H,6,11,13,15-19H2,1H3/t24?,25?,31?,32-,33?/m1/s1. The highest BCUT2D eigenvalue weighted by atomic mass is 35.5. The lowest BCUT2D eigenvalue weighted by atomic mass is 9.95. The Kier molecular flexibility index (Phi) is 8.92. The van der Waals surface area contributed by atoms with Gasteiger partial charge in [-0.05, 0) is 67.1 Å². The molecule has 4 unspecified atom stereocenters. The maximum atomic E-state index is 14.3. The first-order chi connectivity index (χ1) is 19.8. The lowest BCUT2D eigenvalue weighted by Crippen LogP contribution is -2.59.